The Morgan fingerprint density at radius 2 is 2.00 bits per heavy atom. The van der Waals surface area contributed by atoms with E-state index in [2.05, 4.69) is 20.3 Å². The second-order valence-electron chi connectivity index (χ2n) is 3.95. The molecule has 0 saturated heterocycles. The molecule has 0 aliphatic rings. The van der Waals surface area contributed by atoms with Gasteiger partial charge in [0.25, 0.3) is 0 Å². The molecule has 0 bridgehead atoms. The zero-order chi connectivity index (χ0) is 13.1. The van der Waals surface area contributed by atoms with Crippen LogP contribution in [0, 0.1) is 20.8 Å². The lowest BCUT2D eigenvalue weighted by Crippen LogP contribution is -2.04. The number of nitrogens with one attached hydrogen (secondary N) is 1. The first-order valence-corrected chi connectivity index (χ1v) is 5.65. The van der Waals surface area contributed by atoms with Crippen LogP contribution >= 0.6 is 0 Å². The van der Waals surface area contributed by atoms with Gasteiger partial charge in [-0.3, -0.25) is 0 Å². The number of ether oxygens (including phenoxy) is 1. The summed E-state index contributed by atoms with van der Waals surface area (Å²) in [4.78, 5) is 12.7. The van der Waals surface area contributed by atoms with Crippen molar-refractivity contribution in [1.82, 2.24) is 15.0 Å². The van der Waals surface area contributed by atoms with Gasteiger partial charge in [0, 0.05) is 6.07 Å². The number of anilines is 1. The summed E-state index contributed by atoms with van der Waals surface area (Å²) in [6, 6.07) is 1.73. The molecule has 1 N–H and O–H groups in total. The summed E-state index contributed by atoms with van der Waals surface area (Å²) in [7, 11) is 1.58. The van der Waals surface area contributed by atoms with Crippen LogP contribution in [-0.2, 0) is 6.54 Å². The van der Waals surface area contributed by atoms with Gasteiger partial charge in [0.2, 0.25) is 11.8 Å². The van der Waals surface area contributed by atoms with Crippen molar-refractivity contribution in [3.05, 3.63) is 29.2 Å². The Bertz CT molecular complexity index is 532. The molecule has 0 amide bonds. The molecule has 2 aromatic rings. The van der Waals surface area contributed by atoms with Crippen molar-refractivity contribution < 1.29 is 9.15 Å². The molecule has 0 aromatic carbocycles. The number of nitrogens with zero attached hydrogens (tertiary/aromatic N) is 3. The van der Waals surface area contributed by atoms with Gasteiger partial charge in [-0.2, -0.15) is 4.98 Å². The molecule has 0 aliphatic carbocycles. The van der Waals surface area contributed by atoms with Gasteiger partial charge >= 0.3 is 0 Å². The van der Waals surface area contributed by atoms with Crippen LogP contribution in [0.2, 0.25) is 0 Å². The zero-order valence-electron chi connectivity index (χ0n) is 10.9. The summed E-state index contributed by atoms with van der Waals surface area (Å²) in [5, 5.41) is 3.13. The number of aromatic nitrogens is 3. The summed E-state index contributed by atoms with van der Waals surface area (Å²) in [6.07, 6.45) is 0. The minimum atomic E-state index is 0.480. The summed E-state index contributed by atoms with van der Waals surface area (Å²) in [5.41, 5.74) is 0.906. The Hall–Kier alpha value is -2.11. The van der Waals surface area contributed by atoms with Gasteiger partial charge in [-0.1, -0.05) is 0 Å². The predicted molar refractivity (Wildman–Crippen MR) is 66.6 cm³/mol. The molecule has 2 rings (SSSR count). The van der Waals surface area contributed by atoms with Gasteiger partial charge in [0.1, 0.15) is 17.4 Å². The summed E-state index contributed by atoms with van der Waals surface area (Å²) in [5.74, 6) is 3.35. The maximum absolute atomic E-state index is 5.47. The largest absolute Gasteiger partial charge is 0.481 e. The maximum Gasteiger partial charge on any atom is 0.218 e. The molecule has 2 aromatic heterocycles. The molecule has 0 saturated carbocycles. The Morgan fingerprint density at radius 1 is 1.22 bits per heavy atom. The Morgan fingerprint density at radius 3 is 2.61 bits per heavy atom. The molecule has 0 spiro atoms. The van der Waals surface area contributed by atoms with E-state index in [0.29, 0.717) is 30.0 Å². The topological polar surface area (TPSA) is 73.1 Å². The first-order valence-electron chi connectivity index (χ1n) is 5.65. The van der Waals surface area contributed by atoms with Crippen LogP contribution in [0.4, 0.5) is 5.82 Å². The van der Waals surface area contributed by atoms with E-state index in [1.165, 1.54) is 0 Å². The third-order valence-corrected chi connectivity index (χ3v) is 2.52. The van der Waals surface area contributed by atoms with E-state index in [0.717, 1.165) is 11.5 Å². The van der Waals surface area contributed by atoms with Crippen LogP contribution in [0.3, 0.4) is 0 Å². The molecule has 0 radical (unpaired) electrons. The van der Waals surface area contributed by atoms with Crippen molar-refractivity contribution in [3.8, 4) is 5.88 Å². The molecule has 18 heavy (non-hydrogen) atoms. The summed E-state index contributed by atoms with van der Waals surface area (Å²) in [6.45, 7) is 6.10. The van der Waals surface area contributed by atoms with Crippen LogP contribution in [0.25, 0.3) is 0 Å². The van der Waals surface area contributed by atoms with Gasteiger partial charge in [-0.25, -0.2) is 9.97 Å². The molecule has 6 heteroatoms. The molecular formula is C12H16N4O2. The molecule has 6 nitrogen and oxygen atoms in total. The fourth-order valence-electron chi connectivity index (χ4n) is 1.52. The van der Waals surface area contributed by atoms with E-state index in [1.807, 2.05) is 20.8 Å². The lowest BCUT2D eigenvalue weighted by atomic mass is 10.4. The van der Waals surface area contributed by atoms with Crippen molar-refractivity contribution >= 4 is 5.82 Å². The van der Waals surface area contributed by atoms with E-state index < -0.39 is 0 Å². The van der Waals surface area contributed by atoms with E-state index in [9.17, 15) is 0 Å². The van der Waals surface area contributed by atoms with Crippen molar-refractivity contribution in [1.29, 1.82) is 0 Å². The molecule has 2 heterocycles. The van der Waals surface area contributed by atoms with Gasteiger partial charge in [0.05, 0.1) is 19.3 Å². The smallest absolute Gasteiger partial charge is 0.218 e. The fraction of sp³-hybridized carbons (Fsp3) is 0.417. The third kappa shape index (κ3) is 2.77. The number of oxazole rings is 1. The van der Waals surface area contributed by atoms with Crippen LogP contribution in [0.5, 0.6) is 5.88 Å². The van der Waals surface area contributed by atoms with Gasteiger partial charge < -0.3 is 14.5 Å². The molecule has 96 valence electrons. The molecule has 0 unspecified atom stereocenters. The van der Waals surface area contributed by atoms with E-state index in [-0.39, 0.29) is 0 Å². The van der Waals surface area contributed by atoms with Crippen LogP contribution < -0.4 is 10.1 Å². The second-order valence-corrected chi connectivity index (χ2v) is 3.95. The van der Waals surface area contributed by atoms with Crippen LogP contribution in [0.1, 0.15) is 23.2 Å². The van der Waals surface area contributed by atoms with Crippen molar-refractivity contribution in [2.75, 3.05) is 12.4 Å². The second kappa shape index (κ2) is 5.03. The quantitative estimate of drug-likeness (QED) is 0.892. The fourth-order valence-corrected chi connectivity index (χ4v) is 1.52. The SMILES string of the molecule is COc1cc(NCc2nc(C)c(C)o2)nc(C)n1. The number of hydrogen-bond donors (Lipinski definition) is 1. The van der Waals surface area contributed by atoms with E-state index >= 15 is 0 Å². The third-order valence-electron chi connectivity index (χ3n) is 2.52. The molecule has 0 aliphatic heterocycles. The highest BCUT2D eigenvalue weighted by Gasteiger charge is 2.06. The minimum Gasteiger partial charge on any atom is -0.481 e. The van der Waals surface area contributed by atoms with Crippen molar-refractivity contribution in [2.24, 2.45) is 0 Å². The Labute approximate surface area is 105 Å². The zero-order valence-corrected chi connectivity index (χ0v) is 10.9. The summed E-state index contributed by atoms with van der Waals surface area (Å²) < 4.78 is 10.6. The average molecular weight is 248 g/mol. The average Bonchev–Trinajstić information content (AvgIpc) is 2.65. The van der Waals surface area contributed by atoms with Gasteiger partial charge in [-0.15, -0.1) is 0 Å². The predicted octanol–water partition coefficient (Wildman–Crippen LogP) is 2.01. The minimum absolute atomic E-state index is 0.480. The van der Waals surface area contributed by atoms with Crippen LogP contribution in [-0.4, -0.2) is 22.1 Å². The number of rotatable bonds is 4. The van der Waals surface area contributed by atoms with Crippen molar-refractivity contribution in [3.63, 3.8) is 0 Å². The molecular weight excluding hydrogens is 232 g/mol. The Kier molecular flexibility index (Phi) is 3.45. The standard InChI is InChI=1S/C12H16N4O2/c1-7-8(2)18-12(14-7)6-13-10-5-11(17-4)16-9(3)15-10/h5H,6H2,1-4H3,(H,13,15,16). The van der Waals surface area contributed by atoms with E-state index in [1.54, 1.807) is 13.2 Å². The highest BCUT2D eigenvalue weighted by molar-refractivity contribution is 5.38. The normalized spacial score (nSPS) is 10.4. The Balaban J connectivity index is 2.07. The maximum atomic E-state index is 5.47. The summed E-state index contributed by atoms with van der Waals surface area (Å²) >= 11 is 0. The highest BCUT2D eigenvalue weighted by Crippen LogP contribution is 2.14. The van der Waals surface area contributed by atoms with Crippen molar-refractivity contribution in [2.45, 2.75) is 27.3 Å². The van der Waals surface area contributed by atoms with Gasteiger partial charge in [-0.05, 0) is 20.8 Å². The number of hydrogen-bond acceptors (Lipinski definition) is 6. The number of methoxy groups -OCH3 is 1. The number of aryl methyl sites for hydroxylation is 3. The monoisotopic (exact) mass is 248 g/mol. The van der Waals surface area contributed by atoms with E-state index in [4.69, 9.17) is 9.15 Å². The molecule has 0 atom stereocenters. The van der Waals surface area contributed by atoms with Crippen LogP contribution in [0.15, 0.2) is 10.5 Å². The molecule has 0 fully saturated rings. The lowest BCUT2D eigenvalue weighted by Gasteiger charge is -2.06. The first-order chi connectivity index (χ1) is 8.58. The first kappa shape index (κ1) is 12.3. The highest BCUT2D eigenvalue weighted by atomic mass is 16.5. The lowest BCUT2D eigenvalue weighted by molar-refractivity contribution is 0.396. The van der Waals surface area contributed by atoms with Gasteiger partial charge in [0.15, 0.2) is 0 Å².